The molecule has 2 aromatic carbocycles. The van der Waals surface area contributed by atoms with Gasteiger partial charge in [0.25, 0.3) is 0 Å². The summed E-state index contributed by atoms with van der Waals surface area (Å²) in [5, 5.41) is 0. The summed E-state index contributed by atoms with van der Waals surface area (Å²) in [6, 6.07) is 7.85. The predicted octanol–water partition coefficient (Wildman–Crippen LogP) is 4.26. The third-order valence-electron chi connectivity index (χ3n) is 3.23. The fourth-order valence-corrected chi connectivity index (χ4v) is 2.39. The molecule has 0 spiro atoms. The van der Waals surface area contributed by atoms with E-state index < -0.39 is 23.8 Å². The van der Waals surface area contributed by atoms with Crippen LogP contribution in [0.5, 0.6) is 11.5 Å². The Morgan fingerprint density at radius 3 is 2.81 bits per heavy atom. The van der Waals surface area contributed by atoms with Crippen LogP contribution in [-0.4, -0.2) is 5.60 Å². The normalized spacial score (nSPS) is 17.5. The van der Waals surface area contributed by atoms with Gasteiger partial charge in [-0.1, -0.05) is 12.1 Å². The lowest BCUT2D eigenvalue weighted by Gasteiger charge is -2.18. The lowest BCUT2D eigenvalue weighted by molar-refractivity contribution is 0.135. The molecule has 110 valence electrons. The molecule has 0 N–H and O–H groups in total. The van der Waals surface area contributed by atoms with Crippen LogP contribution in [0, 0.1) is 11.6 Å². The number of benzene rings is 2. The largest absolute Gasteiger partial charge is 0.487 e. The van der Waals surface area contributed by atoms with Crippen molar-refractivity contribution in [3.63, 3.8) is 0 Å². The minimum Gasteiger partial charge on any atom is -0.487 e. The molecule has 0 bridgehead atoms. The standard InChI is InChI=1S/C17H16F2O2/c1-17(2)9-11-7-13(18)8-12(16(11)21-17)10-20-15-6-4-3-5-14(15)19/h3-8H,9-10H2,1-2H3/i10D2. The molecule has 2 aromatic rings. The number of hydrogen-bond donors (Lipinski definition) is 0. The number of ether oxygens (including phenoxy) is 2. The molecule has 3 rings (SSSR count). The van der Waals surface area contributed by atoms with E-state index in [-0.39, 0.29) is 17.1 Å². The summed E-state index contributed by atoms with van der Waals surface area (Å²) in [5.41, 5.74) is -0.0637. The highest BCUT2D eigenvalue weighted by molar-refractivity contribution is 5.46. The highest BCUT2D eigenvalue weighted by Gasteiger charge is 2.32. The minimum atomic E-state index is -2.44. The van der Waals surface area contributed by atoms with Crippen LogP contribution >= 0.6 is 0 Å². The summed E-state index contributed by atoms with van der Waals surface area (Å²) in [5.74, 6) is -1.25. The van der Waals surface area contributed by atoms with E-state index >= 15 is 0 Å². The molecule has 0 aromatic heterocycles. The van der Waals surface area contributed by atoms with E-state index in [2.05, 4.69) is 0 Å². The van der Waals surface area contributed by atoms with Gasteiger partial charge >= 0.3 is 0 Å². The van der Waals surface area contributed by atoms with Gasteiger partial charge in [-0.25, -0.2) is 8.78 Å². The Kier molecular flexibility index (Phi) is 2.76. The quantitative estimate of drug-likeness (QED) is 0.841. The predicted molar refractivity (Wildman–Crippen MR) is 75.5 cm³/mol. The molecule has 2 nitrogen and oxygen atoms in total. The van der Waals surface area contributed by atoms with Crippen LogP contribution in [0.2, 0.25) is 0 Å². The van der Waals surface area contributed by atoms with Crippen LogP contribution < -0.4 is 9.47 Å². The van der Waals surface area contributed by atoms with Gasteiger partial charge in [0.2, 0.25) is 0 Å². The van der Waals surface area contributed by atoms with Crippen molar-refractivity contribution < 1.29 is 21.0 Å². The summed E-state index contributed by atoms with van der Waals surface area (Å²) in [4.78, 5) is 0. The molecule has 0 unspecified atom stereocenters. The van der Waals surface area contributed by atoms with E-state index in [9.17, 15) is 8.78 Å². The van der Waals surface area contributed by atoms with Crippen molar-refractivity contribution in [1.82, 2.24) is 0 Å². The molecule has 0 fully saturated rings. The Balaban J connectivity index is 2.03. The van der Waals surface area contributed by atoms with Crippen LogP contribution in [0.25, 0.3) is 0 Å². The van der Waals surface area contributed by atoms with Gasteiger partial charge in [0.1, 0.15) is 23.7 Å². The molecule has 0 atom stereocenters. The first-order chi connectivity index (χ1) is 10.7. The number of hydrogen-bond acceptors (Lipinski definition) is 2. The van der Waals surface area contributed by atoms with Crippen LogP contribution in [0.1, 0.15) is 27.7 Å². The van der Waals surface area contributed by atoms with Crippen molar-refractivity contribution in [3.05, 3.63) is 59.2 Å². The lowest BCUT2D eigenvalue weighted by Crippen LogP contribution is -2.25. The maximum atomic E-state index is 13.9. The van der Waals surface area contributed by atoms with E-state index in [4.69, 9.17) is 12.2 Å². The second-order valence-electron chi connectivity index (χ2n) is 5.61. The fourth-order valence-electron chi connectivity index (χ4n) is 2.39. The van der Waals surface area contributed by atoms with Crippen molar-refractivity contribution >= 4 is 0 Å². The van der Waals surface area contributed by atoms with Crippen molar-refractivity contribution in [2.75, 3.05) is 0 Å². The maximum absolute atomic E-state index is 13.9. The van der Waals surface area contributed by atoms with E-state index in [0.29, 0.717) is 12.0 Å². The average Bonchev–Trinajstić information content (AvgIpc) is 2.74. The average molecular weight is 292 g/mol. The third kappa shape index (κ3) is 2.84. The van der Waals surface area contributed by atoms with Crippen LogP contribution in [0.15, 0.2) is 36.4 Å². The Morgan fingerprint density at radius 2 is 2.05 bits per heavy atom. The van der Waals surface area contributed by atoms with Crippen molar-refractivity contribution in [2.24, 2.45) is 0 Å². The summed E-state index contributed by atoms with van der Waals surface area (Å²) in [7, 11) is 0. The molecule has 0 saturated heterocycles. The van der Waals surface area contributed by atoms with E-state index in [1.54, 1.807) is 0 Å². The first kappa shape index (κ1) is 11.5. The first-order valence-electron chi connectivity index (χ1n) is 7.63. The minimum absolute atomic E-state index is 0.0821. The van der Waals surface area contributed by atoms with Gasteiger partial charge in [0.15, 0.2) is 11.6 Å². The van der Waals surface area contributed by atoms with E-state index in [1.165, 1.54) is 30.3 Å². The monoisotopic (exact) mass is 292 g/mol. The van der Waals surface area contributed by atoms with Gasteiger partial charge in [-0.05, 0) is 38.1 Å². The van der Waals surface area contributed by atoms with E-state index in [1.807, 2.05) is 13.8 Å². The van der Waals surface area contributed by atoms with Gasteiger partial charge in [-0.15, -0.1) is 0 Å². The van der Waals surface area contributed by atoms with Gasteiger partial charge in [-0.2, -0.15) is 0 Å². The van der Waals surface area contributed by atoms with Crippen LogP contribution in [-0.2, 0) is 13.0 Å². The highest BCUT2D eigenvalue weighted by Crippen LogP contribution is 2.38. The zero-order valence-electron chi connectivity index (χ0n) is 13.7. The van der Waals surface area contributed by atoms with E-state index in [0.717, 1.165) is 6.07 Å². The Hall–Kier alpha value is -2.10. The summed E-state index contributed by atoms with van der Waals surface area (Å²) in [6.07, 6.45) is 0.461. The summed E-state index contributed by atoms with van der Waals surface area (Å²) < 4.78 is 54.8. The fraction of sp³-hybridized carbons (Fsp3) is 0.294. The zero-order valence-corrected chi connectivity index (χ0v) is 11.7. The number of halogens is 2. The van der Waals surface area contributed by atoms with Gasteiger partial charge < -0.3 is 9.47 Å². The highest BCUT2D eigenvalue weighted by atomic mass is 19.1. The lowest BCUT2D eigenvalue weighted by atomic mass is 10.0. The Morgan fingerprint density at radius 1 is 1.29 bits per heavy atom. The van der Waals surface area contributed by atoms with Gasteiger partial charge in [0.05, 0.1) is 2.74 Å². The van der Waals surface area contributed by atoms with Crippen LogP contribution in [0.4, 0.5) is 8.78 Å². The van der Waals surface area contributed by atoms with Crippen LogP contribution in [0.3, 0.4) is 0 Å². The second-order valence-corrected chi connectivity index (χ2v) is 5.61. The summed E-state index contributed by atoms with van der Waals surface area (Å²) in [6.45, 7) is 1.23. The maximum Gasteiger partial charge on any atom is 0.165 e. The van der Waals surface area contributed by atoms with Gasteiger partial charge in [0, 0.05) is 17.5 Å². The molecule has 21 heavy (non-hydrogen) atoms. The molecule has 0 radical (unpaired) electrons. The Labute approximate surface area is 125 Å². The smallest absolute Gasteiger partial charge is 0.165 e. The molecular formula is C17H16F2O2. The third-order valence-corrected chi connectivity index (χ3v) is 3.23. The molecule has 0 aliphatic carbocycles. The number of para-hydroxylation sites is 1. The second kappa shape index (κ2) is 5.02. The van der Waals surface area contributed by atoms with Gasteiger partial charge in [-0.3, -0.25) is 0 Å². The molecular weight excluding hydrogens is 274 g/mol. The molecule has 0 amide bonds. The molecule has 4 heteroatoms. The first-order valence-corrected chi connectivity index (χ1v) is 6.63. The van der Waals surface area contributed by atoms with Crippen molar-refractivity contribution in [2.45, 2.75) is 32.4 Å². The molecule has 1 aliphatic rings. The molecule has 1 aliphatic heterocycles. The van der Waals surface area contributed by atoms with Crippen molar-refractivity contribution in [1.29, 1.82) is 0 Å². The summed E-state index contributed by atoms with van der Waals surface area (Å²) >= 11 is 0. The number of rotatable bonds is 3. The molecule has 0 saturated carbocycles. The molecule has 1 heterocycles. The topological polar surface area (TPSA) is 18.5 Å². The SMILES string of the molecule is [2H]C([2H])(Oc1ccccc1F)c1cc(F)cc2c1OC(C)(C)C2. The Bertz CT molecular complexity index is 760. The van der Waals surface area contributed by atoms with Crippen molar-refractivity contribution in [3.8, 4) is 11.5 Å². The number of fused-ring (bicyclic) bond motifs is 1. The zero-order chi connectivity index (χ0) is 16.8.